The molecule has 1 amide bonds. The Morgan fingerprint density at radius 2 is 2.03 bits per heavy atom. The average Bonchev–Trinajstić information content (AvgIpc) is 3.04. The molecule has 1 aliphatic rings. The summed E-state index contributed by atoms with van der Waals surface area (Å²) in [5.74, 6) is -1.39. The SMILES string of the molecule is CCCC(=O)N[C@H]1Cc2cccc(C(=O)OCc3oc(=O)oc3CC(C)C)c2OB1O. The lowest BCUT2D eigenvalue weighted by Crippen LogP contribution is -2.53. The summed E-state index contributed by atoms with van der Waals surface area (Å²) < 4.78 is 20.9. The Morgan fingerprint density at radius 3 is 2.74 bits per heavy atom. The van der Waals surface area contributed by atoms with Gasteiger partial charge in [-0.1, -0.05) is 32.9 Å². The Balaban J connectivity index is 1.72. The Morgan fingerprint density at radius 1 is 1.29 bits per heavy atom. The van der Waals surface area contributed by atoms with Gasteiger partial charge in [0.25, 0.3) is 0 Å². The molecule has 0 fully saturated rings. The zero-order valence-electron chi connectivity index (χ0n) is 17.8. The smallest absolute Gasteiger partial charge is 0.534 e. The van der Waals surface area contributed by atoms with E-state index in [1.54, 1.807) is 12.1 Å². The van der Waals surface area contributed by atoms with Crippen LogP contribution >= 0.6 is 0 Å². The van der Waals surface area contributed by atoms with Gasteiger partial charge in [-0.25, -0.2) is 9.59 Å². The van der Waals surface area contributed by atoms with Crippen LogP contribution in [0.25, 0.3) is 0 Å². The lowest BCUT2D eigenvalue weighted by atomic mass is 9.72. The number of nitrogens with one attached hydrogen (secondary N) is 1. The fraction of sp³-hybridized carbons (Fsp3) is 0.476. The lowest BCUT2D eigenvalue weighted by molar-refractivity contribution is -0.121. The summed E-state index contributed by atoms with van der Waals surface area (Å²) in [6, 6.07) is 4.95. The molecule has 3 rings (SSSR count). The van der Waals surface area contributed by atoms with E-state index in [0.717, 1.165) is 0 Å². The highest BCUT2D eigenvalue weighted by Crippen LogP contribution is 2.31. The summed E-state index contributed by atoms with van der Waals surface area (Å²) in [4.78, 5) is 36.0. The van der Waals surface area contributed by atoms with Crippen LogP contribution in [0.4, 0.5) is 0 Å². The van der Waals surface area contributed by atoms with E-state index in [9.17, 15) is 19.4 Å². The van der Waals surface area contributed by atoms with E-state index >= 15 is 0 Å². The molecule has 0 radical (unpaired) electrons. The topological polar surface area (TPSA) is 128 Å². The van der Waals surface area contributed by atoms with E-state index in [0.29, 0.717) is 37.0 Å². The molecule has 1 atom stereocenters. The molecule has 0 aliphatic carbocycles. The van der Waals surface area contributed by atoms with Crippen LogP contribution < -0.4 is 15.8 Å². The Labute approximate surface area is 179 Å². The fourth-order valence-corrected chi connectivity index (χ4v) is 3.40. The Bertz CT molecular complexity index is 996. The predicted octanol–water partition coefficient (Wildman–Crippen LogP) is 2.03. The van der Waals surface area contributed by atoms with Crippen molar-refractivity contribution in [3.63, 3.8) is 0 Å². The summed E-state index contributed by atoms with van der Waals surface area (Å²) in [6.07, 6.45) is 1.82. The minimum absolute atomic E-state index is 0.131. The molecule has 9 nitrogen and oxygen atoms in total. The van der Waals surface area contributed by atoms with Gasteiger partial charge in [0.1, 0.15) is 11.3 Å². The van der Waals surface area contributed by atoms with Crippen LogP contribution in [0.3, 0.4) is 0 Å². The van der Waals surface area contributed by atoms with E-state index < -0.39 is 24.9 Å². The molecule has 1 aromatic carbocycles. The fourth-order valence-electron chi connectivity index (χ4n) is 3.40. The highest BCUT2D eigenvalue weighted by Gasteiger charge is 2.37. The van der Waals surface area contributed by atoms with Crippen molar-refractivity contribution in [2.24, 2.45) is 5.92 Å². The second kappa shape index (κ2) is 9.87. The first-order valence-electron chi connectivity index (χ1n) is 10.3. The van der Waals surface area contributed by atoms with Gasteiger partial charge in [0, 0.05) is 12.8 Å². The summed E-state index contributed by atoms with van der Waals surface area (Å²) in [5, 5.41) is 13.1. The molecule has 0 spiro atoms. The van der Waals surface area contributed by atoms with Gasteiger partial charge in [0.15, 0.2) is 18.1 Å². The van der Waals surface area contributed by atoms with Crippen LogP contribution in [0.15, 0.2) is 31.8 Å². The van der Waals surface area contributed by atoms with Crippen molar-refractivity contribution < 1.29 is 32.8 Å². The number of amides is 1. The maximum absolute atomic E-state index is 12.7. The van der Waals surface area contributed by atoms with E-state index in [1.165, 1.54) is 6.07 Å². The van der Waals surface area contributed by atoms with E-state index in [-0.39, 0.29) is 35.5 Å². The summed E-state index contributed by atoms with van der Waals surface area (Å²) >= 11 is 0. The third-order valence-electron chi connectivity index (χ3n) is 4.81. The molecular weight excluding hydrogens is 405 g/mol. The van der Waals surface area contributed by atoms with Gasteiger partial charge in [0.05, 0.1) is 5.94 Å². The number of rotatable bonds is 8. The highest BCUT2D eigenvalue weighted by molar-refractivity contribution is 6.47. The second-order valence-corrected chi connectivity index (χ2v) is 7.90. The zero-order chi connectivity index (χ0) is 22.5. The van der Waals surface area contributed by atoms with Crippen molar-refractivity contribution in [2.45, 2.75) is 59.0 Å². The minimum Gasteiger partial charge on any atom is -0.534 e. The van der Waals surface area contributed by atoms with Crippen molar-refractivity contribution in [2.75, 3.05) is 0 Å². The maximum Gasteiger partial charge on any atom is 0.547 e. The maximum atomic E-state index is 12.7. The summed E-state index contributed by atoms with van der Waals surface area (Å²) in [7, 11) is -1.30. The predicted molar refractivity (Wildman–Crippen MR) is 110 cm³/mol. The molecule has 2 N–H and O–H groups in total. The van der Waals surface area contributed by atoms with Crippen molar-refractivity contribution in [3.8, 4) is 5.75 Å². The number of hydrogen-bond donors (Lipinski definition) is 2. The van der Waals surface area contributed by atoms with Crippen LogP contribution in [0.5, 0.6) is 5.75 Å². The monoisotopic (exact) mass is 431 g/mol. The molecule has 0 saturated carbocycles. The first kappa shape index (κ1) is 22.7. The van der Waals surface area contributed by atoms with Crippen LogP contribution in [0.1, 0.15) is 61.1 Å². The molecule has 2 aromatic rings. The van der Waals surface area contributed by atoms with Gasteiger partial charge >= 0.3 is 18.9 Å². The van der Waals surface area contributed by atoms with Crippen LogP contribution in [-0.2, 0) is 29.0 Å². The molecule has 0 bridgehead atoms. The van der Waals surface area contributed by atoms with Crippen molar-refractivity contribution in [1.29, 1.82) is 0 Å². The van der Waals surface area contributed by atoms with Gasteiger partial charge in [-0.2, -0.15) is 0 Å². The van der Waals surface area contributed by atoms with Crippen LogP contribution in [-0.4, -0.2) is 30.0 Å². The number of esters is 1. The van der Waals surface area contributed by atoms with Gasteiger partial charge in [-0.3, -0.25) is 4.79 Å². The van der Waals surface area contributed by atoms with Crippen LogP contribution in [0, 0.1) is 5.92 Å². The average molecular weight is 431 g/mol. The molecule has 1 aliphatic heterocycles. The lowest BCUT2D eigenvalue weighted by Gasteiger charge is -2.29. The Kier molecular flexibility index (Phi) is 7.22. The summed E-state index contributed by atoms with van der Waals surface area (Å²) in [6.45, 7) is 5.54. The number of hydrogen-bond acceptors (Lipinski definition) is 8. The van der Waals surface area contributed by atoms with Crippen molar-refractivity contribution >= 4 is 19.0 Å². The third-order valence-corrected chi connectivity index (χ3v) is 4.81. The molecule has 2 heterocycles. The minimum atomic E-state index is -1.30. The number of benzene rings is 1. The Hall–Kier alpha value is -3.01. The first-order valence-corrected chi connectivity index (χ1v) is 10.3. The van der Waals surface area contributed by atoms with E-state index in [1.807, 2.05) is 20.8 Å². The molecule has 0 unspecified atom stereocenters. The second-order valence-electron chi connectivity index (χ2n) is 7.90. The van der Waals surface area contributed by atoms with E-state index in [4.69, 9.17) is 18.2 Å². The van der Waals surface area contributed by atoms with E-state index in [2.05, 4.69) is 5.32 Å². The number of carbonyl (C=O) groups is 2. The zero-order valence-corrected chi connectivity index (χ0v) is 17.8. The first-order chi connectivity index (χ1) is 14.8. The quantitative estimate of drug-likeness (QED) is 0.480. The standard InChI is InChI=1S/C21H26BNO8/c1-4-6-18(24)23-17-10-13-7-5-8-14(19(13)31-22(17)27)20(25)28-11-16-15(9-12(2)3)29-21(26)30-16/h5,7-8,12,17,27H,4,6,9-11H2,1-3H3,(H,23,24)/t17-/m0/s1. The van der Waals surface area contributed by atoms with Gasteiger partial charge in [0.2, 0.25) is 5.91 Å². The van der Waals surface area contributed by atoms with Crippen molar-refractivity contribution in [1.82, 2.24) is 5.32 Å². The third kappa shape index (κ3) is 5.58. The number of ether oxygens (including phenoxy) is 1. The molecular formula is C21H26BNO8. The molecule has 0 saturated heterocycles. The molecule has 1 aromatic heterocycles. The summed E-state index contributed by atoms with van der Waals surface area (Å²) in [5.41, 5.74) is 0.794. The van der Waals surface area contributed by atoms with Gasteiger partial charge in [-0.05, 0) is 30.4 Å². The molecule has 166 valence electrons. The van der Waals surface area contributed by atoms with Gasteiger partial charge < -0.3 is 28.6 Å². The number of para-hydroxylation sites is 1. The van der Waals surface area contributed by atoms with Crippen molar-refractivity contribution in [3.05, 3.63) is 51.5 Å². The highest BCUT2D eigenvalue weighted by atomic mass is 16.6. The number of fused-ring (bicyclic) bond motifs is 1. The molecule has 10 heteroatoms. The largest absolute Gasteiger partial charge is 0.547 e. The normalized spacial score (nSPS) is 15.4. The molecule has 31 heavy (non-hydrogen) atoms. The number of carbonyl (C=O) groups excluding carboxylic acids is 2. The van der Waals surface area contributed by atoms with Gasteiger partial charge in [-0.15, -0.1) is 0 Å². The van der Waals surface area contributed by atoms with Crippen LogP contribution in [0.2, 0.25) is 0 Å².